The van der Waals surface area contributed by atoms with E-state index >= 15 is 0 Å². The molecule has 0 saturated heterocycles. The maximum atomic E-state index is 11.8. The number of nitrogens with two attached hydrogens (primary N) is 1. The Morgan fingerprint density at radius 1 is 1.17 bits per heavy atom. The molecule has 2 heterocycles. The van der Waals surface area contributed by atoms with Gasteiger partial charge in [0.25, 0.3) is 11.1 Å². The van der Waals surface area contributed by atoms with Gasteiger partial charge in [-0.2, -0.15) is 0 Å². The van der Waals surface area contributed by atoms with E-state index in [4.69, 9.17) is 5.73 Å². The van der Waals surface area contributed by atoms with Gasteiger partial charge in [-0.3, -0.25) is 9.59 Å². The second kappa shape index (κ2) is 5.22. The van der Waals surface area contributed by atoms with Crippen LogP contribution >= 0.6 is 15.9 Å². The standard InChI is InChI=1S/C12H12BrN3O2/c13-10-7-9(14)8-16(12(10)18)6-5-15-4-2-1-3-11(15)17/h1-4,7-8H,5-6,14H2. The smallest absolute Gasteiger partial charge is 0.265 e. The minimum Gasteiger partial charge on any atom is -0.398 e. The summed E-state index contributed by atoms with van der Waals surface area (Å²) in [5.41, 5.74) is 5.92. The van der Waals surface area contributed by atoms with E-state index in [1.54, 1.807) is 35.2 Å². The molecule has 18 heavy (non-hydrogen) atoms. The Balaban J connectivity index is 2.24. The molecule has 2 rings (SSSR count). The minimum atomic E-state index is -0.159. The summed E-state index contributed by atoms with van der Waals surface area (Å²) >= 11 is 3.16. The highest BCUT2D eigenvalue weighted by molar-refractivity contribution is 9.10. The van der Waals surface area contributed by atoms with Crippen molar-refractivity contribution in [3.05, 3.63) is 61.8 Å². The first-order valence-electron chi connectivity index (χ1n) is 5.39. The highest BCUT2D eigenvalue weighted by atomic mass is 79.9. The molecule has 0 atom stereocenters. The molecular formula is C12H12BrN3O2. The van der Waals surface area contributed by atoms with E-state index in [9.17, 15) is 9.59 Å². The molecule has 0 aliphatic heterocycles. The van der Waals surface area contributed by atoms with Crippen molar-refractivity contribution in [3.8, 4) is 0 Å². The van der Waals surface area contributed by atoms with Crippen molar-refractivity contribution in [2.75, 3.05) is 5.73 Å². The third kappa shape index (κ3) is 2.70. The first-order valence-corrected chi connectivity index (χ1v) is 6.18. The fraction of sp³-hybridized carbons (Fsp3) is 0.167. The van der Waals surface area contributed by atoms with E-state index in [1.165, 1.54) is 10.6 Å². The molecule has 94 valence electrons. The molecule has 6 heteroatoms. The molecule has 0 amide bonds. The molecule has 0 saturated carbocycles. The second-order valence-electron chi connectivity index (χ2n) is 3.85. The molecule has 2 N–H and O–H groups in total. The van der Waals surface area contributed by atoms with Crippen LogP contribution in [0.2, 0.25) is 0 Å². The quantitative estimate of drug-likeness (QED) is 0.921. The monoisotopic (exact) mass is 309 g/mol. The van der Waals surface area contributed by atoms with Gasteiger partial charge in [0.1, 0.15) is 0 Å². The van der Waals surface area contributed by atoms with Crippen LogP contribution in [0.5, 0.6) is 0 Å². The summed E-state index contributed by atoms with van der Waals surface area (Å²) in [6.45, 7) is 0.821. The van der Waals surface area contributed by atoms with Gasteiger partial charge in [0.2, 0.25) is 0 Å². The number of hydrogen-bond donors (Lipinski definition) is 1. The van der Waals surface area contributed by atoms with Crippen LogP contribution in [0.25, 0.3) is 0 Å². The van der Waals surface area contributed by atoms with Gasteiger partial charge < -0.3 is 14.9 Å². The molecule has 0 spiro atoms. The number of pyridine rings is 2. The summed E-state index contributed by atoms with van der Waals surface area (Å²) < 4.78 is 3.45. The van der Waals surface area contributed by atoms with Gasteiger partial charge >= 0.3 is 0 Å². The number of nitrogen functional groups attached to an aromatic ring is 1. The number of aromatic nitrogens is 2. The van der Waals surface area contributed by atoms with E-state index in [0.29, 0.717) is 23.2 Å². The number of halogens is 1. The van der Waals surface area contributed by atoms with Crippen molar-refractivity contribution in [1.29, 1.82) is 0 Å². The van der Waals surface area contributed by atoms with Crippen molar-refractivity contribution in [2.24, 2.45) is 0 Å². The Kier molecular flexibility index (Phi) is 3.66. The maximum Gasteiger partial charge on any atom is 0.265 e. The van der Waals surface area contributed by atoms with Crippen LogP contribution in [0.4, 0.5) is 5.69 Å². The van der Waals surface area contributed by atoms with E-state index in [-0.39, 0.29) is 11.1 Å². The van der Waals surface area contributed by atoms with Gasteiger partial charge in [0.05, 0.1) is 4.47 Å². The summed E-state index contributed by atoms with van der Waals surface area (Å²) in [6.07, 6.45) is 3.26. The Morgan fingerprint density at radius 2 is 1.89 bits per heavy atom. The van der Waals surface area contributed by atoms with Crippen molar-refractivity contribution in [3.63, 3.8) is 0 Å². The first-order chi connectivity index (χ1) is 8.58. The van der Waals surface area contributed by atoms with Crippen LogP contribution < -0.4 is 16.9 Å². The van der Waals surface area contributed by atoms with Gasteiger partial charge in [-0.1, -0.05) is 6.07 Å². The lowest BCUT2D eigenvalue weighted by molar-refractivity contribution is 0.552. The molecule has 0 aliphatic rings. The summed E-state index contributed by atoms with van der Waals surface area (Å²) in [6, 6.07) is 6.51. The molecule has 0 unspecified atom stereocenters. The van der Waals surface area contributed by atoms with E-state index in [2.05, 4.69) is 15.9 Å². The van der Waals surface area contributed by atoms with Crippen molar-refractivity contribution >= 4 is 21.6 Å². The maximum absolute atomic E-state index is 11.8. The van der Waals surface area contributed by atoms with E-state index < -0.39 is 0 Å². The molecule has 0 aliphatic carbocycles. The SMILES string of the molecule is Nc1cc(Br)c(=O)n(CCn2ccccc2=O)c1. The lowest BCUT2D eigenvalue weighted by Gasteiger charge is -2.09. The van der Waals surface area contributed by atoms with Crippen LogP contribution in [0, 0.1) is 0 Å². The van der Waals surface area contributed by atoms with Crippen LogP contribution in [0.15, 0.2) is 50.7 Å². The van der Waals surface area contributed by atoms with E-state index in [0.717, 1.165) is 0 Å². The molecule has 5 nitrogen and oxygen atoms in total. The number of nitrogens with zero attached hydrogens (tertiary/aromatic N) is 2. The van der Waals surface area contributed by atoms with Crippen molar-refractivity contribution < 1.29 is 0 Å². The molecule has 0 aromatic carbocycles. The van der Waals surface area contributed by atoms with Gasteiger partial charge in [0.15, 0.2) is 0 Å². The van der Waals surface area contributed by atoms with Crippen LogP contribution in [-0.4, -0.2) is 9.13 Å². The van der Waals surface area contributed by atoms with Crippen LogP contribution in [0.3, 0.4) is 0 Å². The number of hydrogen-bond acceptors (Lipinski definition) is 3. The Morgan fingerprint density at radius 3 is 2.61 bits per heavy atom. The zero-order valence-electron chi connectivity index (χ0n) is 9.54. The molecule has 0 radical (unpaired) electrons. The van der Waals surface area contributed by atoms with Gasteiger partial charge in [-0.25, -0.2) is 0 Å². The molecule has 0 fully saturated rings. The summed E-state index contributed by atoms with van der Waals surface area (Å²) in [4.78, 5) is 23.3. The van der Waals surface area contributed by atoms with Crippen LogP contribution in [0.1, 0.15) is 0 Å². The van der Waals surface area contributed by atoms with Crippen molar-refractivity contribution in [1.82, 2.24) is 9.13 Å². The fourth-order valence-corrected chi connectivity index (χ4v) is 2.14. The third-order valence-electron chi connectivity index (χ3n) is 2.54. The predicted molar refractivity (Wildman–Crippen MR) is 73.5 cm³/mol. The molecule has 2 aromatic heterocycles. The minimum absolute atomic E-state index is 0.0893. The Labute approximate surface area is 112 Å². The average Bonchev–Trinajstić information content (AvgIpc) is 2.33. The normalized spacial score (nSPS) is 10.5. The summed E-state index contributed by atoms with van der Waals surface area (Å²) in [5, 5.41) is 0. The Hall–Kier alpha value is -1.82. The number of aryl methyl sites for hydroxylation is 2. The highest BCUT2D eigenvalue weighted by Crippen LogP contribution is 2.08. The molecular weight excluding hydrogens is 298 g/mol. The fourth-order valence-electron chi connectivity index (χ4n) is 1.65. The lowest BCUT2D eigenvalue weighted by atomic mass is 10.4. The van der Waals surface area contributed by atoms with Crippen molar-refractivity contribution in [2.45, 2.75) is 13.1 Å². The lowest BCUT2D eigenvalue weighted by Crippen LogP contribution is -2.26. The third-order valence-corrected chi connectivity index (χ3v) is 3.11. The van der Waals surface area contributed by atoms with Gasteiger partial charge in [-0.05, 0) is 28.1 Å². The zero-order valence-corrected chi connectivity index (χ0v) is 11.1. The highest BCUT2D eigenvalue weighted by Gasteiger charge is 2.03. The van der Waals surface area contributed by atoms with Crippen LogP contribution in [-0.2, 0) is 13.1 Å². The molecule has 0 bridgehead atoms. The van der Waals surface area contributed by atoms with E-state index in [1.807, 2.05) is 0 Å². The topological polar surface area (TPSA) is 70.0 Å². The van der Waals surface area contributed by atoms with Gasteiger partial charge in [0, 0.05) is 37.2 Å². The predicted octanol–water partition coefficient (Wildman–Crippen LogP) is 1.05. The Bertz CT molecular complexity index is 676. The second-order valence-corrected chi connectivity index (χ2v) is 4.71. The first kappa shape index (κ1) is 12.6. The van der Waals surface area contributed by atoms with Gasteiger partial charge in [-0.15, -0.1) is 0 Å². The number of anilines is 1. The number of rotatable bonds is 3. The summed E-state index contributed by atoms with van der Waals surface area (Å²) in [5.74, 6) is 0. The average molecular weight is 310 g/mol. The summed E-state index contributed by atoms with van der Waals surface area (Å²) in [7, 11) is 0. The molecule has 2 aromatic rings. The zero-order chi connectivity index (χ0) is 13.1. The largest absolute Gasteiger partial charge is 0.398 e.